The van der Waals surface area contributed by atoms with Crippen LogP contribution in [0.2, 0.25) is 10.0 Å². The van der Waals surface area contributed by atoms with Crippen LogP contribution in [-0.4, -0.2) is 4.98 Å². The molecule has 1 aromatic carbocycles. The molecule has 1 nitrogen and oxygen atoms in total. The third kappa shape index (κ3) is 1.74. The van der Waals surface area contributed by atoms with Gasteiger partial charge in [0.1, 0.15) is 0 Å². The monoisotopic (exact) mass is 222 g/mol. The molecule has 1 aromatic heterocycles. The van der Waals surface area contributed by atoms with E-state index in [1.165, 1.54) is 0 Å². The van der Waals surface area contributed by atoms with Crippen LogP contribution in [0, 0.1) is 6.07 Å². The molecule has 69 valence electrons. The fourth-order valence-electron chi connectivity index (χ4n) is 1.24. The van der Waals surface area contributed by atoms with Crippen LogP contribution in [0.4, 0.5) is 0 Å². The van der Waals surface area contributed by atoms with Gasteiger partial charge >= 0.3 is 0 Å². The van der Waals surface area contributed by atoms with E-state index in [-0.39, 0.29) is 0 Å². The van der Waals surface area contributed by atoms with E-state index >= 15 is 0 Å². The van der Waals surface area contributed by atoms with Crippen molar-refractivity contribution < 1.29 is 0 Å². The van der Waals surface area contributed by atoms with Gasteiger partial charge < -0.3 is 0 Å². The standard InChI is InChI=1S/C11H6Cl2N/c12-9-4-1-5-10(13)11(9)8-3-2-6-14-7-8/h1,3-7H. The van der Waals surface area contributed by atoms with E-state index in [0.29, 0.717) is 10.0 Å². The lowest BCUT2D eigenvalue weighted by Gasteiger charge is -2.05. The summed E-state index contributed by atoms with van der Waals surface area (Å²) in [7, 11) is 0. The Balaban J connectivity index is 2.63. The number of aromatic nitrogens is 1. The minimum Gasteiger partial charge on any atom is -0.263 e. The number of benzene rings is 1. The van der Waals surface area contributed by atoms with Gasteiger partial charge in [-0.2, -0.15) is 0 Å². The topological polar surface area (TPSA) is 12.9 Å². The number of pyridine rings is 1. The Hall–Kier alpha value is -1.05. The second-order valence-electron chi connectivity index (χ2n) is 2.77. The van der Waals surface area contributed by atoms with Crippen LogP contribution in [0.15, 0.2) is 36.7 Å². The van der Waals surface area contributed by atoms with Crippen LogP contribution < -0.4 is 0 Å². The van der Waals surface area contributed by atoms with Gasteiger partial charge in [0.2, 0.25) is 0 Å². The van der Waals surface area contributed by atoms with Crippen LogP contribution >= 0.6 is 23.2 Å². The molecular formula is C11H6Cl2N. The SMILES string of the molecule is Clc1cccc(Cl)c1-c1c[c]cnc1. The summed E-state index contributed by atoms with van der Waals surface area (Å²) in [5.41, 5.74) is 1.68. The van der Waals surface area contributed by atoms with Gasteiger partial charge in [-0.3, -0.25) is 4.98 Å². The third-order valence-electron chi connectivity index (χ3n) is 1.85. The summed E-state index contributed by atoms with van der Waals surface area (Å²) < 4.78 is 0. The summed E-state index contributed by atoms with van der Waals surface area (Å²) >= 11 is 12.1. The Kier molecular flexibility index (Phi) is 2.71. The van der Waals surface area contributed by atoms with E-state index in [1.54, 1.807) is 30.6 Å². The zero-order chi connectivity index (χ0) is 9.97. The number of nitrogens with zero attached hydrogens (tertiary/aromatic N) is 1. The second kappa shape index (κ2) is 3.99. The van der Waals surface area contributed by atoms with Crippen LogP contribution in [0.5, 0.6) is 0 Å². The second-order valence-corrected chi connectivity index (χ2v) is 3.58. The van der Waals surface area contributed by atoms with Crippen molar-refractivity contribution >= 4 is 23.2 Å². The quantitative estimate of drug-likeness (QED) is 0.715. The Morgan fingerprint density at radius 2 is 1.86 bits per heavy atom. The summed E-state index contributed by atoms with van der Waals surface area (Å²) in [6.45, 7) is 0. The first-order valence-corrected chi connectivity index (χ1v) is 4.80. The van der Waals surface area contributed by atoms with Gasteiger partial charge in [-0.05, 0) is 18.2 Å². The van der Waals surface area contributed by atoms with Gasteiger partial charge in [0.15, 0.2) is 0 Å². The Morgan fingerprint density at radius 1 is 1.14 bits per heavy atom. The highest BCUT2D eigenvalue weighted by atomic mass is 35.5. The molecular weight excluding hydrogens is 217 g/mol. The van der Waals surface area contributed by atoms with Crippen molar-refractivity contribution in [2.45, 2.75) is 0 Å². The maximum absolute atomic E-state index is 6.04. The van der Waals surface area contributed by atoms with Gasteiger partial charge in [0.05, 0.1) is 0 Å². The summed E-state index contributed by atoms with van der Waals surface area (Å²) in [4.78, 5) is 3.97. The molecule has 0 unspecified atom stereocenters. The van der Waals surface area contributed by atoms with Gasteiger partial charge in [0.25, 0.3) is 0 Å². The van der Waals surface area contributed by atoms with Gasteiger partial charge in [0, 0.05) is 39.6 Å². The van der Waals surface area contributed by atoms with Crippen molar-refractivity contribution in [3.05, 3.63) is 52.8 Å². The molecule has 0 spiro atoms. The number of hydrogen-bond donors (Lipinski definition) is 0. The predicted octanol–water partition coefficient (Wildman–Crippen LogP) is 3.86. The Labute approximate surface area is 92.3 Å². The minimum atomic E-state index is 0.624. The van der Waals surface area contributed by atoms with Crippen LogP contribution in [-0.2, 0) is 0 Å². The van der Waals surface area contributed by atoms with Crippen molar-refractivity contribution in [2.75, 3.05) is 0 Å². The highest BCUT2D eigenvalue weighted by molar-refractivity contribution is 6.39. The molecule has 0 atom stereocenters. The van der Waals surface area contributed by atoms with Crippen LogP contribution in [0.3, 0.4) is 0 Å². The molecule has 3 heteroatoms. The lowest BCUT2D eigenvalue weighted by molar-refractivity contribution is 1.32. The molecule has 0 saturated heterocycles. The van der Waals surface area contributed by atoms with Crippen molar-refractivity contribution in [3.63, 3.8) is 0 Å². The normalized spacial score (nSPS) is 10.1. The van der Waals surface area contributed by atoms with Crippen molar-refractivity contribution in [1.29, 1.82) is 0 Å². The number of hydrogen-bond acceptors (Lipinski definition) is 1. The summed E-state index contributed by atoms with van der Waals surface area (Å²) in [6.07, 6.45) is 3.30. The molecule has 2 aromatic rings. The van der Waals surface area contributed by atoms with E-state index in [4.69, 9.17) is 23.2 Å². The average molecular weight is 223 g/mol. The van der Waals surface area contributed by atoms with E-state index < -0.39 is 0 Å². The molecule has 1 heterocycles. The van der Waals surface area contributed by atoms with Crippen LogP contribution in [0.25, 0.3) is 11.1 Å². The largest absolute Gasteiger partial charge is 0.263 e. The molecule has 0 bridgehead atoms. The highest BCUT2D eigenvalue weighted by Gasteiger charge is 2.07. The average Bonchev–Trinajstić information content (AvgIpc) is 2.19. The molecule has 0 saturated carbocycles. The fraction of sp³-hybridized carbons (Fsp3) is 0. The predicted molar refractivity (Wildman–Crippen MR) is 58.5 cm³/mol. The van der Waals surface area contributed by atoms with E-state index in [9.17, 15) is 0 Å². The lowest BCUT2D eigenvalue weighted by atomic mass is 10.1. The third-order valence-corrected chi connectivity index (χ3v) is 2.48. The zero-order valence-corrected chi connectivity index (χ0v) is 8.68. The van der Waals surface area contributed by atoms with Gasteiger partial charge in [-0.1, -0.05) is 29.3 Å². The molecule has 0 N–H and O–H groups in total. The van der Waals surface area contributed by atoms with Gasteiger partial charge in [-0.25, -0.2) is 0 Å². The summed E-state index contributed by atoms with van der Waals surface area (Å²) in [6, 6.07) is 10.1. The highest BCUT2D eigenvalue weighted by Crippen LogP contribution is 2.33. The van der Waals surface area contributed by atoms with E-state index in [0.717, 1.165) is 11.1 Å². The van der Waals surface area contributed by atoms with E-state index in [1.807, 2.05) is 6.07 Å². The van der Waals surface area contributed by atoms with Crippen molar-refractivity contribution in [3.8, 4) is 11.1 Å². The molecule has 14 heavy (non-hydrogen) atoms. The number of halogens is 2. The van der Waals surface area contributed by atoms with Crippen LogP contribution in [0.1, 0.15) is 0 Å². The molecule has 1 radical (unpaired) electrons. The molecule has 0 aliphatic heterocycles. The van der Waals surface area contributed by atoms with Crippen molar-refractivity contribution in [1.82, 2.24) is 4.98 Å². The van der Waals surface area contributed by atoms with Crippen molar-refractivity contribution in [2.24, 2.45) is 0 Å². The Bertz CT molecular complexity index is 420. The first-order chi connectivity index (χ1) is 6.79. The molecule has 0 fully saturated rings. The molecule has 0 aliphatic carbocycles. The molecule has 2 rings (SSSR count). The maximum atomic E-state index is 6.04. The molecule has 0 aliphatic rings. The maximum Gasteiger partial charge on any atom is 0.0499 e. The van der Waals surface area contributed by atoms with Gasteiger partial charge in [-0.15, -0.1) is 0 Å². The zero-order valence-electron chi connectivity index (χ0n) is 7.17. The lowest BCUT2D eigenvalue weighted by Crippen LogP contribution is -1.82. The van der Waals surface area contributed by atoms with E-state index in [2.05, 4.69) is 11.1 Å². The summed E-state index contributed by atoms with van der Waals surface area (Å²) in [5.74, 6) is 0. The first kappa shape index (κ1) is 9.50. The smallest absolute Gasteiger partial charge is 0.0499 e. The minimum absolute atomic E-state index is 0.624. The summed E-state index contributed by atoms with van der Waals surface area (Å²) in [5, 5.41) is 1.25. The first-order valence-electron chi connectivity index (χ1n) is 4.04. The molecule has 0 amide bonds. The number of rotatable bonds is 1. The fourth-order valence-corrected chi connectivity index (χ4v) is 1.85. The Morgan fingerprint density at radius 3 is 2.43 bits per heavy atom.